The predicted octanol–water partition coefficient (Wildman–Crippen LogP) is 5.67. The second-order valence-electron chi connectivity index (χ2n) is 8.65. The van der Waals surface area contributed by atoms with Gasteiger partial charge in [-0.1, -0.05) is 12.2 Å². The number of halogens is 4. The van der Waals surface area contributed by atoms with E-state index >= 15 is 0 Å². The Morgan fingerprint density at radius 2 is 2.00 bits per heavy atom. The number of anilines is 2. The van der Waals surface area contributed by atoms with E-state index < -0.39 is 23.6 Å². The molecule has 1 unspecified atom stereocenters. The third-order valence-corrected chi connectivity index (χ3v) is 5.70. The lowest BCUT2D eigenvalue weighted by molar-refractivity contribution is -0.139. The number of aliphatic hydroxyl groups is 1. The number of ether oxygens (including phenoxy) is 1. The van der Waals surface area contributed by atoms with Gasteiger partial charge in [0.2, 0.25) is 5.88 Å². The maximum atomic E-state index is 13.5. The van der Waals surface area contributed by atoms with Crippen LogP contribution in [0, 0.1) is 5.82 Å². The maximum absolute atomic E-state index is 13.5. The second-order valence-corrected chi connectivity index (χ2v) is 8.65. The number of hydrogen-bond donors (Lipinski definition) is 3. The van der Waals surface area contributed by atoms with Crippen molar-refractivity contribution in [2.75, 3.05) is 23.7 Å². The Morgan fingerprint density at radius 3 is 2.71 bits per heavy atom. The summed E-state index contributed by atoms with van der Waals surface area (Å²) in [6.07, 6.45) is 0.342. The summed E-state index contributed by atoms with van der Waals surface area (Å²) in [5.41, 5.74) is -0.0241. The molecule has 1 atom stereocenters. The largest absolute Gasteiger partial charge is 0.439 e. The molecule has 0 bridgehead atoms. The van der Waals surface area contributed by atoms with Crippen LogP contribution in [0.5, 0.6) is 11.6 Å². The van der Waals surface area contributed by atoms with Crippen molar-refractivity contribution in [3.05, 3.63) is 77.5 Å². The molecule has 1 fully saturated rings. The number of nitrogens with one attached hydrogen (secondary N) is 2. The van der Waals surface area contributed by atoms with Crippen LogP contribution in [0.1, 0.15) is 30.2 Å². The number of amides is 2. The first-order valence-electron chi connectivity index (χ1n) is 11.7. The van der Waals surface area contributed by atoms with Crippen LogP contribution in [0.15, 0.2) is 54.9 Å². The van der Waals surface area contributed by atoms with Crippen LogP contribution in [0.2, 0.25) is 0 Å². The molecule has 3 aromatic rings. The van der Waals surface area contributed by atoms with Gasteiger partial charge in [-0.15, -0.1) is 0 Å². The Labute approximate surface area is 216 Å². The van der Waals surface area contributed by atoms with Crippen LogP contribution in [0.4, 0.5) is 33.7 Å². The quantitative estimate of drug-likeness (QED) is 0.340. The SMILES string of the molecule is C/C=C\c1cc(Oc2cc(CN3CCC(O)C3)ncn2)ccc1NC(=O)Nc1ccc(F)c(C(F)(F)F)c1. The lowest BCUT2D eigenvalue weighted by Crippen LogP contribution is -2.22. The summed E-state index contributed by atoms with van der Waals surface area (Å²) in [6.45, 7) is 3.69. The molecule has 1 aliphatic heterocycles. The molecule has 1 aliphatic rings. The molecule has 2 heterocycles. The molecule has 38 heavy (non-hydrogen) atoms. The highest BCUT2D eigenvalue weighted by molar-refractivity contribution is 6.01. The van der Waals surface area contributed by atoms with Crippen molar-refractivity contribution in [3.8, 4) is 11.6 Å². The van der Waals surface area contributed by atoms with Gasteiger partial charge in [-0.3, -0.25) is 4.90 Å². The number of likely N-dealkylation sites (tertiary alicyclic amines) is 1. The first-order valence-corrected chi connectivity index (χ1v) is 11.7. The number of β-amino-alcohol motifs (C(OH)–C–C–N with tert-alkyl or cyclic N) is 1. The lowest BCUT2D eigenvalue weighted by atomic mass is 10.1. The Hall–Kier alpha value is -4.03. The van der Waals surface area contributed by atoms with E-state index in [0.717, 1.165) is 24.7 Å². The first kappa shape index (κ1) is 27.0. The highest BCUT2D eigenvalue weighted by Gasteiger charge is 2.34. The summed E-state index contributed by atoms with van der Waals surface area (Å²) >= 11 is 0. The van der Waals surface area contributed by atoms with E-state index in [1.807, 2.05) is 0 Å². The molecule has 0 radical (unpaired) electrons. The third kappa shape index (κ3) is 7.05. The zero-order valence-corrected chi connectivity index (χ0v) is 20.3. The van der Waals surface area contributed by atoms with Gasteiger partial charge >= 0.3 is 12.2 Å². The fraction of sp³-hybridized carbons (Fsp3) is 0.269. The highest BCUT2D eigenvalue weighted by atomic mass is 19.4. The summed E-state index contributed by atoms with van der Waals surface area (Å²) in [7, 11) is 0. The molecule has 2 aromatic carbocycles. The van der Waals surface area contributed by atoms with Gasteiger partial charge in [0, 0.05) is 42.6 Å². The Balaban J connectivity index is 1.44. The molecule has 3 N–H and O–H groups in total. The van der Waals surface area contributed by atoms with Gasteiger partial charge in [0.15, 0.2) is 0 Å². The monoisotopic (exact) mass is 531 g/mol. The number of alkyl halides is 3. The molecular formula is C26H25F4N5O3. The molecule has 4 rings (SSSR count). The number of urea groups is 1. The molecule has 12 heteroatoms. The van der Waals surface area contributed by atoms with Crippen LogP contribution in [0.3, 0.4) is 0 Å². The summed E-state index contributed by atoms with van der Waals surface area (Å²) in [5.74, 6) is -0.685. The molecule has 1 saturated heterocycles. The Morgan fingerprint density at radius 1 is 1.18 bits per heavy atom. The molecule has 8 nitrogen and oxygen atoms in total. The van der Waals surface area contributed by atoms with E-state index in [2.05, 4.69) is 25.5 Å². The number of nitrogens with zero attached hydrogens (tertiary/aromatic N) is 3. The highest BCUT2D eigenvalue weighted by Crippen LogP contribution is 2.33. The van der Waals surface area contributed by atoms with Crippen molar-refractivity contribution in [1.29, 1.82) is 0 Å². The Bertz CT molecular complexity index is 1330. The van der Waals surface area contributed by atoms with E-state index in [-0.39, 0.29) is 11.8 Å². The molecule has 0 aliphatic carbocycles. The van der Waals surface area contributed by atoms with E-state index in [9.17, 15) is 27.5 Å². The fourth-order valence-electron chi connectivity index (χ4n) is 3.97. The number of hydrogen-bond acceptors (Lipinski definition) is 6. The summed E-state index contributed by atoms with van der Waals surface area (Å²) in [5, 5.41) is 14.6. The number of allylic oxidation sites excluding steroid dienone is 1. The van der Waals surface area contributed by atoms with Gasteiger partial charge in [0.1, 0.15) is 17.9 Å². The molecule has 200 valence electrons. The topological polar surface area (TPSA) is 99.6 Å². The molecule has 1 aromatic heterocycles. The van der Waals surface area contributed by atoms with Gasteiger partial charge < -0.3 is 20.5 Å². The van der Waals surface area contributed by atoms with E-state index in [1.54, 1.807) is 43.3 Å². The normalized spacial score (nSPS) is 16.1. The molecular weight excluding hydrogens is 506 g/mol. The lowest BCUT2D eigenvalue weighted by Gasteiger charge is -2.15. The van der Waals surface area contributed by atoms with E-state index in [0.29, 0.717) is 48.1 Å². The van der Waals surface area contributed by atoms with Crippen LogP contribution in [0.25, 0.3) is 6.08 Å². The van der Waals surface area contributed by atoms with Gasteiger partial charge in [0.05, 0.1) is 17.4 Å². The van der Waals surface area contributed by atoms with Crippen LogP contribution >= 0.6 is 0 Å². The zero-order valence-electron chi connectivity index (χ0n) is 20.3. The van der Waals surface area contributed by atoms with Crippen molar-refractivity contribution >= 4 is 23.5 Å². The number of carbonyl (C=O) groups is 1. The number of rotatable bonds is 7. The standard InChI is InChI=1S/C26H25F4N5O3/c1-2-3-16-10-20(38-24-12-18(31-15-32-24)13-35-9-8-19(36)14-35)5-7-23(16)34-25(37)33-17-4-6-22(27)21(11-17)26(28,29)30/h2-7,10-12,15,19,36H,8-9,13-14H2,1H3,(H2,33,34,37)/b3-2-. The average Bonchev–Trinajstić information content (AvgIpc) is 3.26. The smallest absolute Gasteiger partial charge is 0.419 e. The minimum Gasteiger partial charge on any atom is -0.439 e. The first-order chi connectivity index (χ1) is 18.1. The van der Waals surface area contributed by atoms with Gasteiger partial charge in [-0.05, 0) is 49.7 Å². The van der Waals surface area contributed by atoms with Crippen molar-refractivity contribution in [1.82, 2.24) is 14.9 Å². The van der Waals surface area contributed by atoms with Gasteiger partial charge in [0.25, 0.3) is 0 Å². The molecule has 0 saturated carbocycles. The molecule has 0 spiro atoms. The Kier molecular flexibility index (Phi) is 8.23. The average molecular weight is 532 g/mol. The number of aromatic nitrogens is 2. The zero-order chi connectivity index (χ0) is 27.3. The van der Waals surface area contributed by atoms with Crippen molar-refractivity contribution < 1.29 is 32.2 Å². The number of aliphatic hydroxyl groups excluding tert-OH is 1. The van der Waals surface area contributed by atoms with Crippen molar-refractivity contribution in [3.63, 3.8) is 0 Å². The minimum atomic E-state index is -4.89. The second kappa shape index (κ2) is 11.6. The minimum absolute atomic E-state index is 0.216. The molecule has 2 amide bonds. The summed E-state index contributed by atoms with van der Waals surface area (Å²) < 4.78 is 58.3. The summed E-state index contributed by atoms with van der Waals surface area (Å²) in [6, 6.07) is 7.94. The van der Waals surface area contributed by atoms with Gasteiger partial charge in [-0.25, -0.2) is 19.2 Å². The van der Waals surface area contributed by atoms with Gasteiger partial charge in [-0.2, -0.15) is 13.2 Å². The number of benzene rings is 2. The van der Waals surface area contributed by atoms with Crippen molar-refractivity contribution in [2.45, 2.75) is 32.2 Å². The number of carbonyl (C=O) groups excluding carboxylic acids is 1. The summed E-state index contributed by atoms with van der Waals surface area (Å²) in [4.78, 5) is 23.0. The fourth-order valence-corrected chi connectivity index (χ4v) is 3.97. The van der Waals surface area contributed by atoms with Crippen LogP contribution < -0.4 is 15.4 Å². The van der Waals surface area contributed by atoms with E-state index in [1.165, 1.54) is 6.33 Å². The van der Waals surface area contributed by atoms with Crippen LogP contribution in [-0.2, 0) is 12.7 Å². The van der Waals surface area contributed by atoms with Crippen molar-refractivity contribution in [2.24, 2.45) is 0 Å². The van der Waals surface area contributed by atoms with Crippen LogP contribution in [-0.4, -0.2) is 45.2 Å². The van der Waals surface area contributed by atoms with E-state index in [4.69, 9.17) is 4.74 Å². The maximum Gasteiger partial charge on any atom is 0.419 e. The predicted molar refractivity (Wildman–Crippen MR) is 133 cm³/mol. The third-order valence-electron chi connectivity index (χ3n) is 5.70.